The topological polar surface area (TPSA) is 12.0 Å². The van der Waals surface area contributed by atoms with E-state index in [9.17, 15) is 0 Å². The minimum Gasteiger partial charge on any atom is -0.310 e. The van der Waals surface area contributed by atoms with Crippen LogP contribution in [0.5, 0.6) is 0 Å². The van der Waals surface area contributed by atoms with Gasteiger partial charge < -0.3 is 5.32 Å². The van der Waals surface area contributed by atoms with E-state index in [1.165, 1.54) is 70.6 Å². The van der Waals surface area contributed by atoms with Crippen LogP contribution in [0.2, 0.25) is 0 Å². The molecule has 0 heterocycles. The summed E-state index contributed by atoms with van der Waals surface area (Å²) in [6.07, 6.45) is 18.1. The fraction of sp³-hybridized carbons (Fsp3) is 0.889. The zero-order valence-electron chi connectivity index (χ0n) is 13.1. The molecule has 1 fully saturated rings. The van der Waals surface area contributed by atoms with Gasteiger partial charge in [-0.15, -0.1) is 0 Å². The molecule has 1 N–H and O–H groups in total. The quantitative estimate of drug-likeness (QED) is 0.671. The fourth-order valence-corrected chi connectivity index (χ4v) is 4.35. The van der Waals surface area contributed by atoms with Crippen molar-refractivity contribution in [1.82, 2.24) is 5.32 Å². The van der Waals surface area contributed by atoms with Crippen molar-refractivity contribution in [3.63, 3.8) is 0 Å². The molecule has 1 saturated carbocycles. The van der Waals surface area contributed by atoms with Gasteiger partial charge in [0.25, 0.3) is 0 Å². The van der Waals surface area contributed by atoms with E-state index >= 15 is 0 Å². The molecule has 1 atom stereocenters. The van der Waals surface area contributed by atoms with Crippen LogP contribution in [0.15, 0.2) is 11.6 Å². The van der Waals surface area contributed by atoms with Crippen LogP contribution in [-0.4, -0.2) is 12.6 Å². The lowest BCUT2D eigenvalue weighted by atomic mass is 9.71. The molecule has 1 unspecified atom stereocenters. The average molecular weight is 263 g/mol. The molecule has 110 valence electrons. The fourth-order valence-electron chi connectivity index (χ4n) is 4.35. The van der Waals surface area contributed by atoms with E-state index < -0.39 is 0 Å². The summed E-state index contributed by atoms with van der Waals surface area (Å²) >= 11 is 0. The maximum atomic E-state index is 3.87. The minimum atomic E-state index is 0.570. The molecule has 0 amide bonds. The molecule has 2 rings (SSSR count). The van der Waals surface area contributed by atoms with Crippen molar-refractivity contribution in [1.29, 1.82) is 0 Å². The van der Waals surface area contributed by atoms with Gasteiger partial charge in [-0.05, 0) is 56.9 Å². The van der Waals surface area contributed by atoms with Crippen LogP contribution in [0.25, 0.3) is 0 Å². The third-order valence-electron chi connectivity index (χ3n) is 5.52. The predicted molar refractivity (Wildman–Crippen MR) is 84.4 cm³/mol. The molecule has 0 spiro atoms. The molecule has 0 aromatic rings. The first-order valence-corrected chi connectivity index (χ1v) is 8.74. The Labute approximate surface area is 120 Å². The second-order valence-electron chi connectivity index (χ2n) is 6.65. The maximum absolute atomic E-state index is 3.87. The molecule has 0 bridgehead atoms. The normalized spacial score (nSPS) is 25.5. The molecular formula is C18H33N. The highest BCUT2D eigenvalue weighted by Crippen LogP contribution is 2.46. The largest absolute Gasteiger partial charge is 0.310 e. The summed E-state index contributed by atoms with van der Waals surface area (Å²) < 4.78 is 0. The molecule has 1 nitrogen and oxygen atoms in total. The molecule has 0 radical (unpaired) electrons. The lowest BCUT2D eigenvalue weighted by Gasteiger charge is -2.40. The summed E-state index contributed by atoms with van der Waals surface area (Å²) in [5.74, 6) is 0. The van der Waals surface area contributed by atoms with Crippen LogP contribution >= 0.6 is 0 Å². The van der Waals surface area contributed by atoms with Gasteiger partial charge in [-0.1, -0.05) is 51.2 Å². The van der Waals surface area contributed by atoms with Crippen molar-refractivity contribution in [2.75, 3.05) is 6.54 Å². The Kier molecular flexibility index (Phi) is 5.94. The third kappa shape index (κ3) is 3.62. The molecule has 0 aliphatic heterocycles. The van der Waals surface area contributed by atoms with Crippen molar-refractivity contribution < 1.29 is 0 Å². The van der Waals surface area contributed by atoms with E-state index in [4.69, 9.17) is 0 Å². The first-order valence-electron chi connectivity index (χ1n) is 8.74. The van der Waals surface area contributed by atoms with Crippen molar-refractivity contribution in [2.45, 2.75) is 90.5 Å². The van der Waals surface area contributed by atoms with Gasteiger partial charge in [-0.2, -0.15) is 0 Å². The van der Waals surface area contributed by atoms with Crippen LogP contribution in [0.3, 0.4) is 0 Å². The lowest BCUT2D eigenvalue weighted by Crippen LogP contribution is -2.45. The van der Waals surface area contributed by atoms with Gasteiger partial charge in [-0.3, -0.25) is 0 Å². The van der Waals surface area contributed by atoms with E-state index in [0.29, 0.717) is 11.5 Å². The second kappa shape index (κ2) is 7.47. The van der Waals surface area contributed by atoms with Crippen molar-refractivity contribution >= 4 is 0 Å². The summed E-state index contributed by atoms with van der Waals surface area (Å²) in [7, 11) is 0. The summed E-state index contributed by atoms with van der Waals surface area (Å²) in [6, 6.07) is 0.670. The summed E-state index contributed by atoms with van der Waals surface area (Å²) in [5.41, 5.74) is 2.33. The number of nitrogens with one attached hydrogen (secondary N) is 1. The zero-order valence-corrected chi connectivity index (χ0v) is 13.1. The van der Waals surface area contributed by atoms with Crippen LogP contribution in [0.4, 0.5) is 0 Å². The Morgan fingerprint density at radius 3 is 2.47 bits per heavy atom. The summed E-state index contributed by atoms with van der Waals surface area (Å²) in [4.78, 5) is 0. The van der Waals surface area contributed by atoms with Gasteiger partial charge in [0.05, 0.1) is 0 Å². The first-order chi connectivity index (χ1) is 9.32. The standard InChI is InChI=1S/C18H33N/c1-3-18(14-10-11-15-18)17(19-4-2)16-12-8-6-5-7-9-13-16/h12,17,19H,3-11,13-15H2,1-2H3. The van der Waals surface area contributed by atoms with Crippen molar-refractivity contribution in [3.8, 4) is 0 Å². The molecule has 2 aliphatic rings. The second-order valence-corrected chi connectivity index (χ2v) is 6.65. The monoisotopic (exact) mass is 263 g/mol. The Morgan fingerprint density at radius 1 is 1.05 bits per heavy atom. The highest BCUT2D eigenvalue weighted by Gasteiger charge is 2.40. The van der Waals surface area contributed by atoms with E-state index in [1.54, 1.807) is 5.57 Å². The molecular weight excluding hydrogens is 230 g/mol. The third-order valence-corrected chi connectivity index (χ3v) is 5.52. The summed E-state index contributed by atoms with van der Waals surface area (Å²) in [6.45, 7) is 5.80. The Morgan fingerprint density at radius 2 is 1.79 bits per heavy atom. The van der Waals surface area contributed by atoms with Crippen LogP contribution in [-0.2, 0) is 0 Å². The lowest BCUT2D eigenvalue weighted by molar-refractivity contribution is 0.208. The smallest absolute Gasteiger partial charge is 0.0336 e. The molecule has 0 aromatic carbocycles. The zero-order chi connectivity index (χ0) is 13.6. The number of rotatable bonds is 5. The first kappa shape index (κ1) is 15.1. The van der Waals surface area contributed by atoms with Gasteiger partial charge >= 0.3 is 0 Å². The average Bonchev–Trinajstić information content (AvgIpc) is 2.86. The Bertz CT molecular complexity index is 286. The molecule has 1 heteroatoms. The van der Waals surface area contributed by atoms with E-state index in [1.807, 2.05) is 0 Å². The van der Waals surface area contributed by atoms with Gasteiger partial charge in [0.2, 0.25) is 0 Å². The minimum absolute atomic E-state index is 0.570. The number of likely N-dealkylation sites (N-methyl/N-ethyl adjacent to an activating group) is 1. The van der Waals surface area contributed by atoms with E-state index in [0.717, 1.165) is 6.54 Å². The van der Waals surface area contributed by atoms with Crippen molar-refractivity contribution in [3.05, 3.63) is 11.6 Å². The Balaban J connectivity index is 2.17. The van der Waals surface area contributed by atoms with Gasteiger partial charge in [0, 0.05) is 6.04 Å². The highest BCUT2D eigenvalue weighted by molar-refractivity contribution is 5.18. The Hall–Kier alpha value is -0.300. The van der Waals surface area contributed by atoms with Gasteiger partial charge in [0.1, 0.15) is 0 Å². The van der Waals surface area contributed by atoms with Crippen LogP contribution < -0.4 is 5.32 Å². The van der Waals surface area contributed by atoms with Crippen LogP contribution in [0, 0.1) is 5.41 Å². The van der Waals surface area contributed by atoms with E-state index in [2.05, 4.69) is 25.2 Å². The SMILES string of the molecule is CCNC(C1=CCCCCCC1)C1(CC)CCCC1. The maximum Gasteiger partial charge on any atom is 0.0336 e. The number of allylic oxidation sites excluding steroid dienone is 1. The molecule has 2 aliphatic carbocycles. The van der Waals surface area contributed by atoms with Gasteiger partial charge in [-0.25, -0.2) is 0 Å². The van der Waals surface area contributed by atoms with Gasteiger partial charge in [0.15, 0.2) is 0 Å². The highest BCUT2D eigenvalue weighted by atomic mass is 14.9. The molecule has 19 heavy (non-hydrogen) atoms. The summed E-state index contributed by atoms with van der Waals surface area (Å²) in [5, 5.41) is 3.87. The van der Waals surface area contributed by atoms with Crippen LogP contribution in [0.1, 0.15) is 84.5 Å². The van der Waals surface area contributed by atoms with Crippen molar-refractivity contribution in [2.24, 2.45) is 5.41 Å². The predicted octanol–water partition coefficient (Wildman–Crippen LogP) is 5.22. The number of hydrogen-bond acceptors (Lipinski definition) is 1. The molecule has 0 aromatic heterocycles. The van der Waals surface area contributed by atoms with E-state index in [-0.39, 0.29) is 0 Å². The molecule has 0 saturated heterocycles. The number of hydrogen-bond donors (Lipinski definition) is 1.